The van der Waals surface area contributed by atoms with Crippen molar-refractivity contribution in [3.05, 3.63) is 57.3 Å². The lowest BCUT2D eigenvalue weighted by molar-refractivity contribution is 0.880. The van der Waals surface area contributed by atoms with Crippen LogP contribution in [0.2, 0.25) is 0 Å². The van der Waals surface area contributed by atoms with Crippen LogP contribution in [0.3, 0.4) is 0 Å². The van der Waals surface area contributed by atoms with Gasteiger partial charge in [-0.05, 0) is 36.4 Å². The molecule has 0 saturated heterocycles. The molecule has 1 aromatic carbocycles. The number of nitrogens with two attached hydrogens (primary N) is 1. The fraction of sp³-hybridized carbons (Fsp3) is 0.231. The lowest BCUT2D eigenvalue weighted by Crippen LogP contribution is -2.11. The molecule has 0 saturated carbocycles. The van der Waals surface area contributed by atoms with Crippen LogP contribution in [0.1, 0.15) is 27.6 Å². The van der Waals surface area contributed by atoms with E-state index in [1.807, 2.05) is 6.07 Å². The summed E-state index contributed by atoms with van der Waals surface area (Å²) in [6.07, 6.45) is 0. The Labute approximate surface area is 107 Å². The molecule has 2 rings (SSSR count). The van der Waals surface area contributed by atoms with Crippen molar-refractivity contribution in [3.63, 3.8) is 0 Å². The summed E-state index contributed by atoms with van der Waals surface area (Å²) in [6, 6.07) is 10.6. The second kappa shape index (κ2) is 5.48. The van der Waals surface area contributed by atoms with Gasteiger partial charge >= 0.3 is 0 Å². The molecule has 1 aromatic heterocycles. The van der Waals surface area contributed by atoms with E-state index in [9.17, 15) is 0 Å². The zero-order valence-corrected chi connectivity index (χ0v) is 11.1. The predicted octanol–water partition coefficient (Wildman–Crippen LogP) is 3.83. The normalized spacial score (nSPS) is 11.9. The molecular weight excluding hydrogens is 238 g/mol. The first kappa shape index (κ1) is 13.2. The van der Waals surface area contributed by atoms with E-state index in [4.69, 9.17) is 5.73 Å². The number of thiophene rings is 1. The number of aryl methyl sites for hydroxylation is 2. The number of halogens is 1. The van der Waals surface area contributed by atoms with Crippen LogP contribution in [-0.2, 0) is 0 Å². The second-order valence-electron chi connectivity index (χ2n) is 3.85. The third-order valence-corrected chi connectivity index (χ3v) is 3.57. The van der Waals surface area contributed by atoms with Crippen LogP contribution >= 0.6 is 23.7 Å². The third-order valence-electron chi connectivity index (χ3n) is 2.62. The van der Waals surface area contributed by atoms with E-state index in [1.54, 1.807) is 11.3 Å². The highest BCUT2D eigenvalue weighted by molar-refractivity contribution is 7.10. The maximum absolute atomic E-state index is 6.24. The van der Waals surface area contributed by atoms with Gasteiger partial charge in [-0.3, -0.25) is 0 Å². The molecule has 0 bridgehead atoms. The SMILES string of the molecule is Cc1ccc(C)c([C@@H](N)c2cccs2)c1.Cl. The van der Waals surface area contributed by atoms with Gasteiger partial charge in [0.05, 0.1) is 6.04 Å². The summed E-state index contributed by atoms with van der Waals surface area (Å²) in [5, 5.41) is 2.07. The molecule has 0 radical (unpaired) electrons. The lowest BCUT2D eigenvalue weighted by Gasteiger charge is -2.13. The summed E-state index contributed by atoms with van der Waals surface area (Å²) in [6.45, 7) is 4.21. The molecule has 3 heteroatoms. The van der Waals surface area contributed by atoms with Crippen LogP contribution < -0.4 is 5.73 Å². The highest BCUT2D eigenvalue weighted by Gasteiger charge is 2.11. The second-order valence-corrected chi connectivity index (χ2v) is 4.83. The minimum Gasteiger partial charge on any atom is -0.320 e. The zero-order valence-electron chi connectivity index (χ0n) is 9.44. The first-order chi connectivity index (χ1) is 7.18. The summed E-state index contributed by atoms with van der Waals surface area (Å²) >= 11 is 1.72. The van der Waals surface area contributed by atoms with Gasteiger partial charge in [-0.15, -0.1) is 23.7 Å². The van der Waals surface area contributed by atoms with Crippen LogP contribution in [0.5, 0.6) is 0 Å². The average Bonchev–Trinajstić information content (AvgIpc) is 2.74. The molecule has 0 spiro atoms. The van der Waals surface area contributed by atoms with Gasteiger partial charge in [0.1, 0.15) is 0 Å². The Kier molecular flexibility index (Phi) is 4.54. The van der Waals surface area contributed by atoms with Crippen molar-refractivity contribution in [2.75, 3.05) is 0 Å². The quantitative estimate of drug-likeness (QED) is 0.865. The zero-order chi connectivity index (χ0) is 10.8. The Morgan fingerprint density at radius 2 is 1.94 bits per heavy atom. The van der Waals surface area contributed by atoms with Gasteiger partial charge in [0.25, 0.3) is 0 Å². The summed E-state index contributed by atoms with van der Waals surface area (Å²) in [5.74, 6) is 0. The Morgan fingerprint density at radius 3 is 2.56 bits per heavy atom. The summed E-state index contributed by atoms with van der Waals surface area (Å²) in [5.41, 5.74) is 10.0. The first-order valence-electron chi connectivity index (χ1n) is 5.04. The van der Waals surface area contributed by atoms with E-state index in [2.05, 4.69) is 43.5 Å². The smallest absolute Gasteiger partial charge is 0.0648 e. The van der Waals surface area contributed by atoms with Crippen molar-refractivity contribution in [3.8, 4) is 0 Å². The van der Waals surface area contributed by atoms with Crippen LogP contribution in [0, 0.1) is 13.8 Å². The molecule has 2 aromatic rings. The summed E-state index contributed by atoms with van der Waals surface area (Å²) in [4.78, 5) is 1.23. The van der Waals surface area contributed by atoms with Crippen molar-refractivity contribution in [1.82, 2.24) is 0 Å². The molecule has 0 aliphatic heterocycles. The van der Waals surface area contributed by atoms with E-state index in [1.165, 1.54) is 21.6 Å². The highest BCUT2D eigenvalue weighted by atomic mass is 35.5. The van der Waals surface area contributed by atoms with Crippen molar-refractivity contribution >= 4 is 23.7 Å². The maximum Gasteiger partial charge on any atom is 0.0648 e. The van der Waals surface area contributed by atoms with Gasteiger partial charge in [0.2, 0.25) is 0 Å². The lowest BCUT2D eigenvalue weighted by atomic mass is 9.98. The molecule has 1 nitrogen and oxygen atoms in total. The third kappa shape index (κ3) is 2.64. The highest BCUT2D eigenvalue weighted by Crippen LogP contribution is 2.26. The van der Waals surface area contributed by atoms with Gasteiger partial charge in [-0.1, -0.05) is 29.8 Å². The van der Waals surface area contributed by atoms with Gasteiger partial charge in [0, 0.05) is 4.88 Å². The Morgan fingerprint density at radius 1 is 1.19 bits per heavy atom. The fourth-order valence-electron chi connectivity index (χ4n) is 1.72. The first-order valence-corrected chi connectivity index (χ1v) is 5.92. The summed E-state index contributed by atoms with van der Waals surface area (Å²) < 4.78 is 0. The van der Waals surface area contributed by atoms with E-state index in [0.29, 0.717) is 0 Å². The molecule has 16 heavy (non-hydrogen) atoms. The minimum absolute atomic E-state index is 0. The van der Waals surface area contributed by atoms with Crippen molar-refractivity contribution in [2.24, 2.45) is 5.73 Å². The van der Waals surface area contributed by atoms with Crippen LogP contribution in [0.4, 0.5) is 0 Å². The van der Waals surface area contributed by atoms with E-state index in [-0.39, 0.29) is 18.4 Å². The average molecular weight is 254 g/mol. The molecule has 0 unspecified atom stereocenters. The molecular formula is C13H16ClNS. The molecule has 0 aliphatic rings. The maximum atomic E-state index is 6.24. The van der Waals surface area contributed by atoms with Crippen LogP contribution in [-0.4, -0.2) is 0 Å². The number of benzene rings is 1. The summed E-state index contributed by atoms with van der Waals surface area (Å²) in [7, 11) is 0. The van der Waals surface area contributed by atoms with Crippen LogP contribution in [0.25, 0.3) is 0 Å². The number of hydrogen-bond donors (Lipinski definition) is 1. The monoisotopic (exact) mass is 253 g/mol. The number of hydrogen-bond acceptors (Lipinski definition) is 2. The van der Waals surface area contributed by atoms with E-state index in [0.717, 1.165) is 0 Å². The van der Waals surface area contributed by atoms with Gasteiger partial charge in [-0.2, -0.15) is 0 Å². The Hall–Kier alpha value is -0.830. The minimum atomic E-state index is 0. The molecule has 1 heterocycles. The molecule has 1 atom stereocenters. The molecule has 86 valence electrons. The van der Waals surface area contributed by atoms with E-state index < -0.39 is 0 Å². The van der Waals surface area contributed by atoms with Crippen molar-refractivity contribution < 1.29 is 0 Å². The van der Waals surface area contributed by atoms with Gasteiger partial charge < -0.3 is 5.73 Å². The van der Waals surface area contributed by atoms with Gasteiger partial charge in [-0.25, -0.2) is 0 Å². The molecule has 2 N–H and O–H groups in total. The van der Waals surface area contributed by atoms with Crippen LogP contribution in [0.15, 0.2) is 35.7 Å². The topological polar surface area (TPSA) is 26.0 Å². The van der Waals surface area contributed by atoms with Crippen molar-refractivity contribution in [1.29, 1.82) is 0 Å². The van der Waals surface area contributed by atoms with Gasteiger partial charge in [0.15, 0.2) is 0 Å². The standard InChI is InChI=1S/C13H15NS.ClH/c1-9-5-6-10(2)11(8-9)13(14)12-4-3-7-15-12;/h3-8,13H,14H2,1-2H3;1H/t13-;/m1./s1. The predicted molar refractivity (Wildman–Crippen MR) is 73.5 cm³/mol. The largest absolute Gasteiger partial charge is 0.320 e. The fourth-order valence-corrected chi connectivity index (χ4v) is 2.46. The Balaban J connectivity index is 0.00000128. The number of rotatable bonds is 2. The molecule has 0 aliphatic carbocycles. The molecule has 0 fully saturated rings. The molecule has 0 amide bonds. The van der Waals surface area contributed by atoms with E-state index >= 15 is 0 Å². The van der Waals surface area contributed by atoms with Crippen molar-refractivity contribution in [2.45, 2.75) is 19.9 Å². The Bertz CT molecular complexity index is 451.